The van der Waals surface area contributed by atoms with Crippen molar-refractivity contribution < 1.29 is 0 Å². The molecule has 0 saturated carbocycles. The quantitative estimate of drug-likeness (QED) is 0.675. The Morgan fingerprint density at radius 2 is 2.15 bits per heavy atom. The lowest BCUT2D eigenvalue weighted by Crippen LogP contribution is -2.09. The van der Waals surface area contributed by atoms with Crippen LogP contribution in [0, 0.1) is 0 Å². The first-order valence-electron chi connectivity index (χ1n) is 6.58. The fourth-order valence-electron chi connectivity index (χ4n) is 2.30. The van der Waals surface area contributed by atoms with Gasteiger partial charge in [-0.15, -0.1) is 11.6 Å². The van der Waals surface area contributed by atoms with E-state index in [1.807, 2.05) is 23.9 Å². The molecule has 0 fully saturated rings. The Morgan fingerprint density at radius 1 is 1.40 bits per heavy atom. The molecular formula is C15H17BrCl2N2. The molecule has 1 aromatic heterocycles. The predicted molar refractivity (Wildman–Crippen MR) is 88.9 cm³/mol. The van der Waals surface area contributed by atoms with Gasteiger partial charge >= 0.3 is 0 Å². The number of aromatic nitrogens is 2. The molecule has 2 rings (SSSR count). The lowest BCUT2D eigenvalue weighted by atomic mass is 9.96. The van der Waals surface area contributed by atoms with E-state index in [-0.39, 0.29) is 5.92 Å². The number of benzene rings is 1. The van der Waals surface area contributed by atoms with Crippen LogP contribution in [0.25, 0.3) is 0 Å². The summed E-state index contributed by atoms with van der Waals surface area (Å²) in [4.78, 5) is 0. The predicted octanol–water partition coefficient (Wildman–Crippen LogP) is 4.96. The molecule has 1 unspecified atom stereocenters. The van der Waals surface area contributed by atoms with Gasteiger partial charge in [0.1, 0.15) is 0 Å². The highest BCUT2D eigenvalue weighted by atomic mass is 79.9. The zero-order chi connectivity index (χ0) is 14.7. The molecule has 0 aliphatic heterocycles. The van der Waals surface area contributed by atoms with Crippen molar-refractivity contribution in [3.8, 4) is 0 Å². The van der Waals surface area contributed by atoms with E-state index in [9.17, 15) is 0 Å². The fourth-order valence-corrected chi connectivity index (χ4v) is 3.37. The highest BCUT2D eigenvalue weighted by Gasteiger charge is 2.19. The standard InChI is InChI=1S/C15H17BrCl2N2/c1-3-13-15(18)14(20(2)19-13)8-11(9-17)10-5-4-6-12(16)7-10/h4-7,11H,3,8-9H2,1-2H3. The van der Waals surface area contributed by atoms with Crippen LogP contribution in [0.2, 0.25) is 5.02 Å². The minimum Gasteiger partial charge on any atom is -0.271 e. The monoisotopic (exact) mass is 374 g/mol. The van der Waals surface area contributed by atoms with Crippen molar-refractivity contribution in [3.63, 3.8) is 0 Å². The fraction of sp³-hybridized carbons (Fsp3) is 0.400. The Morgan fingerprint density at radius 3 is 2.70 bits per heavy atom. The van der Waals surface area contributed by atoms with Crippen LogP contribution < -0.4 is 0 Å². The number of hydrogen-bond donors (Lipinski definition) is 0. The third-order valence-corrected chi connectivity index (χ3v) is 4.75. The second-order valence-electron chi connectivity index (χ2n) is 4.79. The first-order valence-corrected chi connectivity index (χ1v) is 8.29. The van der Waals surface area contributed by atoms with E-state index in [1.165, 1.54) is 5.56 Å². The molecule has 108 valence electrons. The molecule has 0 N–H and O–H groups in total. The van der Waals surface area contributed by atoms with Gasteiger partial charge in [-0.2, -0.15) is 5.10 Å². The van der Waals surface area contributed by atoms with E-state index in [1.54, 1.807) is 0 Å². The van der Waals surface area contributed by atoms with Crippen molar-refractivity contribution in [2.24, 2.45) is 7.05 Å². The van der Waals surface area contributed by atoms with E-state index in [0.717, 1.165) is 33.7 Å². The Hall–Kier alpha value is -0.510. The molecule has 0 aliphatic carbocycles. The molecule has 1 aromatic carbocycles. The third kappa shape index (κ3) is 3.38. The normalized spacial score (nSPS) is 12.7. The lowest BCUT2D eigenvalue weighted by Gasteiger charge is -2.15. The van der Waals surface area contributed by atoms with Crippen molar-refractivity contribution in [1.82, 2.24) is 9.78 Å². The second-order valence-corrected chi connectivity index (χ2v) is 6.40. The van der Waals surface area contributed by atoms with Crippen LogP contribution in [-0.4, -0.2) is 15.7 Å². The maximum atomic E-state index is 6.41. The van der Waals surface area contributed by atoms with Gasteiger partial charge in [0.05, 0.1) is 16.4 Å². The molecule has 0 amide bonds. The first kappa shape index (κ1) is 15.9. The highest BCUT2D eigenvalue weighted by molar-refractivity contribution is 9.10. The van der Waals surface area contributed by atoms with Gasteiger partial charge in [-0.3, -0.25) is 4.68 Å². The number of halogens is 3. The Bertz CT molecular complexity index is 596. The van der Waals surface area contributed by atoms with Crippen LogP contribution in [0.15, 0.2) is 28.7 Å². The van der Waals surface area contributed by atoms with Gasteiger partial charge < -0.3 is 0 Å². The number of nitrogens with zero attached hydrogens (tertiary/aromatic N) is 2. The summed E-state index contributed by atoms with van der Waals surface area (Å²) in [5.74, 6) is 0.783. The summed E-state index contributed by atoms with van der Waals surface area (Å²) in [6.45, 7) is 2.06. The number of rotatable bonds is 5. The Balaban J connectivity index is 2.29. The van der Waals surface area contributed by atoms with Crippen LogP contribution in [0.3, 0.4) is 0 Å². The second kappa shape index (κ2) is 6.97. The van der Waals surface area contributed by atoms with Gasteiger partial charge in [-0.05, 0) is 30.5 Å². The van der Waals surface area contributed by atoms with Gasteiger partial charge in [0, 0.05) is 23.3 Å². The van der Waals surface area contributed by atoms with Gasteiger partial charge in [-0.1, -0.05) is 46.6 Å². The molecular weight excluding hydrogens is 359 g/mol. The minimum atomic E-state index is 0.228. The summed E-state index contributed by atoms with van der Waals surface area (Å²) >= 11 is 16.1. The SMILES string of the molecule is CCc1nn(C)c(CC(CCl)c2cccc(Br)c2)c1Cl. The molecule has 2 nitrogen and oxygen atoms in total. The van der Waals surface area contributed by atoms with Gasteiger partial charge in [-0.25, -0.2) is 0 Å². The van der Waals surface area contributed by atoms with Crippen molar-refractivity contribution in [3.05, 3.63) is 50.7 Å². The van der Waals surface area contributed by atoms with Gasteiger partial charge in [0.25, 0.3) is 0 Å². The maximum absolute atomic E-state index is 6.41. The van der Waals surface area contributed by atoms with E-state index < -0.39 is 0 Å². The summed E-state index contributed by atoms with van der Waals surface area (Å²) in [6, 6.07) is 8.25. The molecule has 0 bridgehead atoms. The number of hydrogen-bond acceptors (Lipinski definition) is 1. The van der Waals surface area contributed by atoms with Crippen LogP contribution in [-0.2, 0) is 19.9 Å². The van der Waals surface area contributed by atoms with Crippen molar-refractivity contribution in [2.45, 2.75) is 25.7 Å². The molecule has 1 heterocycles. The summed E-state index contributed by atoms with van der Waals surface area (Å²) in [6.07, 6.45) is 1.64. The molecule has 0 spiro atoms. The summed E-state index contributed by atoms with van der Waals surface area (Å²) < 4.78 is 2.94. The zero-order valence-corrected chi connectivity index (χ0v) is 14.6. The largest absolute Gasteiger partial charge is 0.271 e. The molecule has 0 saturated heterocycles. The average molecular weight is 376 g/mol. The minimum absolute atomic E-state index is 0.228. The summed E-state index contributed by atoms with van der Waals surface area (Å²) in [7, 11) is 1.94. The van der Waals surface area contributed by atoms with Crippen molar-refractivity contribution in [1.29, 1.82) is 0 Å². The zero-order valence-electron chi connectivity index (χ0n) is 11.5. The van der Waals surface area contributed by atoms with Crippen molar-refractivity contribution in [2.75, 3.05) is 5.88 Å². The van der Waals surface area contributed by atoms with Crippen LogP contribution in [0.4, 0.5) is 0 Å². The number of alkyl halides is 1. The number of aryl methyl sites for hydroxylation is 2. The van der Waals surface area contributed by atoms with E-state index in [2.05, 4.69) is 40.1 Å². The average Bonchev–Trinajstić information content (AvgIpc) is 2.71. The Kier molecular flexibility index (Phi) is 5.53. The molecule has 20 heavy (non-hydrogen) atoms. The summed E-state index contributed by atoms with van der Waals surface area (Å²) in [5.41, 5.74) is 3.21. The topological polar surface area (TPSA) is 17.8 Å². The van der Waals surface area contributed by atoms with Crippen LogP contribution in [0.1, 0.15) is 29.8 Å². The molecule has 5 heteroatoms. The van der Waals surface area contributed by atoms with Gasteiger partial charge in [0.2, 0.25) is 0 Å². The maximum Gasteiger partial charge on any atom is 0.0849 e. The van der Waals surface area contributed by atoms with Gasteiger partial charge in [0.15, 0.2) is 0 Å². The van der Waals surface area contributed by atoms with E-state index >= 15 is 0 Å². The molecule has 0 aliphatic rings. The molecule has 1 atom stereocenters. The molecule has 2 aromatic rings. The Labute approximate surface area is 138 Å². The van der Waals surface area contributed by atoms with Crippen molar-refractivity contribution >= 4 is 39.1 Å². The van der Waals surface area contributed by atoms with E-state index in [0.29, 0.717) is 5.88 Å². The van der Waals surface area contributed by atoms with Crippen LogP contribution in [0.5, 0.6) is 0 Å². The first-order chi connectivity index (χ1) is 9.56. The third-order valence-electron chi connectivity index (χ3n) is 3.45. The summed E-state index contributed by atoms with van der Waals surface area (Å²) in [5, 5.41) is 5.24. The smallest absolute Gasteiger partial charge is 0.0849 e. The highest BCUT2D eigenvalue weighted by Crippen LogP contribution is 2.29. The van der Waals surface area contributed by atoms with E-state index in [4.69, 9.17) is 23.2 Å². The lowest BCUT2D eigenvalue weighted by molar-refractivity contribution is 0.655. The molecule has 0 radical (unpaired) electrons. The van der Waals surface area contributed by atoms with Crippen LogP contribution >= 0.6 is 39.1 Å².